The second-order valence-electron chi connectivity index (χ2n) is 3.88. The van der Waals surface area contributed by atoms with Crippen LogP contribution in [0.2, 0.25) is 0 Å². The van der Waals surface area contributed by atoms with Crippen molar-refractivity contribution in [2.75, 3.05) is 13.1 Å². The van der Waals surface area contributed by atoms with Crippen molar-refractivity contribution < 1.29 is 0 Å². The summed E-state index contributed by atoms with van der Waals surface area (Å²) in [5.41, 5.74) is 0. The summed E-state index contributed by atoms with van der Waals surface area (Å²) < 4.78 is 1.43. The Hall–Kier alpha value is -0.860. The molecule has 1 aromatic heterocycles. The van der Waals surface area contributed by atoms with Gasteiger partial charge in [0.1, 0.15) is 0 Å². The third kappa shape index (κ3) is 2.28. The molecule has 0 bridgehead atoms. The molecule has 1 aliphatic rings. The normalized spacial score (nSPS) is 19.5. The highest BCUT2D eigenvalue weighted by atomic mass is 32.1. The van der Waals surface area contributed by atoms with E-state index in [9.17, 15) is 0 Å². The summed E-state index contributed by atoms with van der Waals surface area (Å²) in [5, 5.41) is 4.82. The van der Waals surface area contributed by atoms with Gasteiger partial charge in [-0.05, 0) is 30.5 Å². The van der Waals surface area contributed by atoms with Gasteiger partial charge in [-0.2, -0.15) is 0 Å². The highest BCUT2D eigenvalue weighted by Crippen LogP contribution is 2.33. The van der Waals surface area contributed by atoms with Gasteiger partial charge < -0.3 is 5.32 Å². The molecule has 1 atom stereocenters. The first-order chi connectivity index (χ1) is 7.93. The molecule has 2 aromatic rings. The predicted octanol–water partition coefficient (Wildman–Crippen LogP) is 4.00. The van der Waals surface area contributed by atoms with Gasteiger partial charge in [0, 0.05) is 22.0 Å². The van der Waals surface area contributed by atoms with Crippen LogP contribution in [0.5, 0.6) is 0 Å². The average Bonchev–Trinajstić information content (AvgIpc) is 3.00. The first-order valence-corrected chi connectivity index (χ1v) is 6.94. The topological polar surface area (TPSA) is 12.0 Å². The number of nitrogens with one attached hydrogen (secondary N) is 1. The van der Waals surface area contributed by atoms with Crippen LogP contribution in [0.25, 0.3) is 10.1 Å². The molecule has 0 aliphatic carbocycles. The van der Waals surface area contributed by atoms with Crippen molar-refractivity contribution in [2.45, 2.75) is 26.2 Å². The zero-order valence-corrected chi connectivity index (χ0v) is 10.8. The van der Waals surface area contributed by atoms with Crippen molar-refractivity contribution in [3.63, 3.8) is 0 Å². The van der Waals surface area contributed by atoms with Crippen molar-refractivity contribution >= 4 is 21.4 Å². The molecule has 0 amide bonds. The van der Waals surface area contributed by atoms with Crippen LogP contribution in [0.3, 0.4) is 0 Å². The maximum atomic E-state index is 3.42. The van der Waals surface area contributed by atoms with Crippen molar-refractivity contribution in [3.05, 3.63) is 35.2 Å². The van der Waals surface area contributed by atoms with Crippen LogP contribution >= 0.6 is 11.3 Å². The minimum atomic E-state index is 0.757. The predicted molar refractivity (Wildman–Crippen MR) is 73.4 cm³/mol. The van der Waals surface area contributed by atoms with Crippen LogP contribution in [-0.2, 0) is 0 Å². The van der Waals surface area contributed by atoms with E-state index in [1.807, 2.05) is 25.2 Å². The van der Waals surface area contributed by atoms with E-state index in [4.69, 9.17) is 0 Å². The summed E-state index contributed by atoms with van der Waals surface area (Å²) in [6.07, 6.45) is 1.30. The molecule has 1 aliphatic heterocycles. The summed E-state index contributed by atoms with van der Waals surface area (Å²) in [5.74, 6) is 0.757. The zero-order valence-electron chi connectivity index (χ0n) is 9.99. The molecule has 2 heterocycles. The maximum Gasteiger partial charge on any atom is 0.0345 e. The highest BCUT2D eigenvalue weighted by molar-refractivity contribution is 7.19. The molecular formula is C14H19NS. The lowest BCUT2D eigenvalue weighted by molar-refractivity contribution is 0.779. The molecule has 1 unspecified atom stereocenters. The Kier molecular flexibility index (Phi) is 3.97. The SMILES string of the molecule is CC.c1ccc2sc(C3CCNC3)cc2c1. The standard InChI is InChI=1S/C12H13NS.C2H6/c1-2-4-11-9(3-1)7-12(14-11)10-5-6-13-8-10;1-2/h1-4,7,10,13H,5-6,8H2;1-2H3. The molecule has 1 nitrogen and oxygen atoms in total. The molecule has 2 heteroatoms. The molecule has 3 rings (SSSR count). The van der Waals surface area contributed by atoms with Crippen molar-refractivity contribution in [2.24, 2.45) is 0 Å². The molecule has 0 spiro atoms. The van der Waals surface area contributed by atoms with E-state index < -0.39 is 0 Å². The lowest BCUT2D eigenvalue weighted by Crippen LogP contribution is -2.07. The lowest BCUT2D eigenvalue weighted by atomic mass is 10.1. The Bertz CT molecular complexity index is 408. The van der Waals surface area contributed by atoms with Gasteiger partial charge in [-0.1, -0.05) is 32.0 Å². The van der Waals surface area contributed by atoms with Gasteiger partial charge in [-0.25, -0.2) is 0 Å². The first-order valence-electron chi connectivity index (χ1n) is 6.13. The van der Waals surface area contributed by atoms with Gasteiger partial charge in [0.15, 0.2) is 0 Å². The maximum absolute atomic E-state index is 3.42. The zero-order chi connectivity index (χ0) is 11.4. The molecule has 1 aromatic carbocycles. The van der Waals surface area contributed by atoms with E-state index in [1.165, 1.54) is 23.1 Å². The van der Waals surface area contributed by atoms with Crippen molar-refractivity contribution in [3.8, 4) is 0 Å². The third-order valence-electron chi connectivity index (χ3n) is 2.91. The fourth-order valence-electron chi connectivity index (χ4n) is 2.10. The number of rotatable bonds is 1. The fraction of sp³-hybridized carbons (Fsp3) is 0.429. The average molecular weight is 233 g/mol. The molecular weight excluding hydrogens is 214 g/mol. The summed E-state index contributed by atoms with van der Waals surface area (Å²) >= 11 is 1.95. The van der Waals surface area contributed by atoms with Crippen LogP contribution in [0, 0.1) is 0 Å². The Morgan fingerprint density at radius 3 is 2.75 bits per heavy atom. The molecule has 0 saturated carbocycles. The van der Waals surface area contributed by atoms with E-state index in [-0.39, 0.29) is 0 Å². The van der Waals surface area contributed by atoms with Gasteiger partial charge in [0.25, 0.3) is 0 Å². The van der Waals surface area contributed by atoms with Crippen LogP contribution in [0.1, 0.15) is 31.1 Å². The van der Waals surface area contributed by atoms with Crippen molar-refractivity contribution in [1.29, 1.82) is 0 Å². The highest BCUT2D eigenvalue weighted by Gasteiger charge is 2.18. The van der Waals surface area contributed by atoms with Crippen molar-refractivity contribution in [1.82, 2.24) is 5.32 Å². The number of thiophene rings is 1. The van der Waals surface area contributed by atoms with E-state index in [1.54, 1.807) is 4.88 Å². The number of hydrogen-bond acceptors (Lipinski definition) is 2. The summed E-state index contributed by atoms with van der Waals surface area (Å²) in [6, 6.07) is 11.0. The fourth-order valence-corrected chi connectivity index (χ4v) is 3.30. The first kappa shape index (κ1) is 11.6. The van der Waals surface area contributed by atoms with Gasteiger partial charge in [0.05, 0.1) is 0 Å². The monoisotopic (exact) mass is 233 g/mol. The van der Waals surface area contributed by atoms with Gasteiger partial charge in [-0.15, -0.1) is 11.3 Å². The summed E-state index contributed by atoms with van der Waals surface area (Å²) in [6.45, 7) is 6.34. The Balaban J connectivity index is 0.000000457. The van der Waals surface area contributed by atoms with E-state index in [0.29, 0.717) is 0 Å². The number of fused-ring (bicyclic) bond motifs is 1. The number of benzene rings is 1. The van der Waals surface area contributed by atoms with Gasteiger partial charge in [0.2, 0.25) is 0 Å². The van der Waals surface area contributed by atoms with E-state index >= 15 is 0 Å². The van der Waals surface area contributed by atoms with Gasteiger partial charge >= 0.3 is 0 Å². The Morgan fingerprint density at radius 2 is 2.06 bits per heavy atom. The van der Waals surface area contributed by atoms with Crippen LogP contribution in [0.4, 0.5) is 0 Å². The minimum Gasteiger partial charge on any atom is -0.316 e. The second kappa shape index (κ2) is 5.46. The minimum absolute atomic E-state index is 0.757. The Labute approximate surface area is 101 Å². The number of hydrogen-bond donors (Lipinski definition) is 1. The molecule has 86 valence electrons. The Morgan fingerprint density at radius 1 is 1.25 bits per heavy atom. The molecule has 0 radical (unpaired) electrons. The quantitative estimate of drug-likeness (QED) is 0.785. The van der Waals surface area contributed by atoms with E-state index in [2.05, 4.69) is 35.6 Å². The smallest absolute Gasteiger partial charge is 0.0345 e. The third-order valence-corrected chi connectivity index (χ3v) is 4.19. The molecule has 1 N–H and O–H groups in total. The van der Waals surface area contributed by atoms with E-state index in [0.717, 1.165) is 12.5 Å². The largest absolute Gasteiger partial charge is 0.316 e. The molecule has 16 heavy (non-hydrogen) atoms. The summed E-state index contributed by atoms with van der Waals surface area (Å²) in [4.78, 5) is 1.55. The van der Waals surface area contributed by atoms with Crippen LogP contribution < -0.4 is 5.32 Å². The lowest BCUT2D eigenvalue weighted by Gasteiger charge is -2.02. The molecule has 1 fully saturated rings. The second-order valence-corrected chi connectivity index (χ2v) is 4.99. The van der Waals surface area contributed by atoms with Gasteiger partial charge in [-0.3, -0.25) is 0 Å². The van der Waals surface area contributed by atoms with Crippen LogP contribution in [0.15, 0.2) is 30.3 Å². The molecule has 1 saturated heterocycles. The van der Waals surface area contributed by atoms with Crippen LogP contribution in [-0.4, -0.2) is 13.1 Å². The summed E-state index contributed by atoms with van der Waals surface area (Å²) in [7, 11) is 0.